The first kappa shape index (κ1) is 37.8. The van der Waals surface area contributed by atoms with E-state index in [1.165, 1.54) is 35.4 Å². The minimum atomic E-state index is -0.373. The average Bonchev–Trinajstić information content (AvgIpc) is 3.69. The first-order valence-corrected chi connectivity index (χ1v) is 18.6. The fourth-order valence-corrected chi connectivity index (χ4v) is 7.49. The van der Waals surface area contributed by atoms with Gasteiger partial charge >= 0.3 is 0 Å². The van der Waals surface area contributed by atoms with Gasteiger partial charge in [0.2, 0.25) is 0 Å². The van der Waals surface area contributed by atoms with Crippen LogP contribution in [0.5, 0.6) is 23.0 Å². The van der Waals surface area contributed by atoms with E-state index in [9.17, 15) is 19.2 Å². The van der Waals surface area contributed by atoms with Crippen molar-refractivity contribution in [2.24, 2.45) is 0 Å². The first-order valence-electron chi connectivity index (χ1n) is 18.6. The third kappa shape index (κ3) is 6.94. The van der Waals surface area contributed by atoms with Crippen LogP contribution in [0.4, 0.5) is 11.4 Å². The van der Waals surface area contributed by atoms with Crippen LogP contribution in [0, 0.1) is 27.7 Å². The summed E-state index contributed by atoms with van der Waals surface area (Å²) >= 11 is 0. The molecule has 0 saturated heterocycles. The number of hydrogen-bond donors (Lipinski definition) is 0. The minimum Gasteiger partial charge on any atom is -0.457 e. The van der Waals surface area contributed by atoms with Crippen LogP contribution in [0.2, 0.25) is 0 Å². The molecule has 0 N–H and O–H groups in total. The van der Waals surface area contributed by atoms with Gasteiger partial charge < -0.3 is 9.47 Å². The molecule has 0 fully saturated rings. The Kier molecular flexibility index (Phi) is 9.62. The molecule has 0 atom stereocenters. The van der Waals surface area contributed by atoms with Gasteiger partial charge in [0.25, 0.3) is 23.6 Å². The van der Waals surface area contributed by atoms with Crippen molar-refractivity contribution in [2.75, 3.05) is 9.80 Å². The number of rotatable bonds is 10. The van der Waals surface area contributed by atoms with E-state index in [1.807, 2.05) is 39.8 Å². The predicted octanol–water partition coefficient (Wildman–Crippen LogP) is 10.0. The van der Waals surface area contributed by atoms with Gasteiger partial charge in [-0.05, 0) is 96.5 Å². The fraction of sp³-hybridized carbons (Fsp3) is 0.208. The highest BCUT2D eigenvalue weighted by Gasteiger charge is 2.31. The summed E-state index contributed by atoms with van der Waals surface area (Å²) in [5.41, 5.74) is 8.77. The highest BCUT2D eigenvalue weighted by molar-refractivity contribution is 6.28. The Hall–Kier alpha value is -6.54. The third-order valence-corrected chi connectivity index (χ3v) is 10.9. The van der Waals surface area contributed by atoms with Crippen molar-refractivity contribution in [2.45, 2.75) is 66.2 Å². The second kappa shape index (κ2) is 14.3. The lowest BCUT2D eigenvalue weighted by atomic mass is 9.72. The molecule has 282 valence electrons. The maximum absolute atomic E-state index is 12.3. The van der Waals surface area contributed by atoms with E-state index < -0.39 is 0 Å². The fourth-order valence-electron chi connectivity index (χ4n) is 7.49. The van der Waals surface area contributed by atoms with E-state index in [-0.39, 0.29) is 34.5 Å². The Morgan fingerprint density at radius 1 is 0.411 bits per heavy atom. The SMILES string of the molecule is Cc1cc(C(C)(C)c2cccc(C(C)(C)c3cc(C)c(Oc4cccc(N5C(=O)C=CC5=O)c4)c(C)c3)c2)cc(C)c1Oc1cccc(N2C(=O)C=CC2=O)c1. The number of carbonyl (C=O) groups is 4. The van der Waals surface area contributed by atoms with Crippen LogP contribution in [-0.2, 0) is 30.0 Å². The van der Waals surface area contributed by atoms with Crippen LogP contribution in [0.1, 0.15) is 72.2 Å². The molecule has 7 rings (SSSR count). The third-order valence-electron chi connectivity index (χ3n) is 10.9. The van der Waals surface area contributed by atoms with E-state index >= 15 is 0 Å². The molecule has 0 aliphatic carbocycles. The van der Waals surface area contributed by atoms with Crippen molar-refractivity contribution in [3.63, 3.8) is 0 Å². The molecule has 0 bridgehead atoms. The van der Waals surface area contributed by atoms with Crippen LogP contribution in [0.25, 0.3) is 0 Å². The molecule has 0 radical (unpaired) electrons. The van der Waals surface area contributed by atoms with Crippen molar-refractivity contribution in [3.8, 4) is 23.0 Å². The van der Waals surface area contributed by atoms with Crippen molar-refractivity contribution in [1.29, 1.82) is 0 Å². The molecule has 2 aliphatic rings. The van der Waals surface area contributed by atoms with Gasteiger partial charge in [-0.3, -0.25) is 19.2 Å². The number of aryl methyl sites for hydroxylation is 4. The molecule has 5 aromatic carbocycles. The van der Waals surface area contributed by atoms with E-state index in [4.69, 9.17) is 9.47 Å². The van der Waals surface area contributed by atoms with E-state index in [1.54, 1.807) is 36.4 Å². The van der Waals surface area contributed by atoms with Crippen LogP contribution >= 0.6 is 0 Å². The zero-order valence-electron chi connectivity index (χ0n) is 32.9. The standard InChI is InChI=1S/C48H44N2O6/c1-29-22-35(23-30(2)45(29)55-39-16-10-14-37(27-39)49-41(51)18-19-42(49)52)47(5,6)33-12-9-13-34(26-33)48(7,8)36-24-31(3)46(32(4)25-36)56-40-17-11-15-38(28-40)50-43(53)20-21-44(50)54/h9-28H,1-8H3. The maximum Gasteiger partial charge on any atom is 0.258 e. The van der Waals surface area contributed by atoms with Crippen LogP contribution < -0.4 is 19.3 Å². The molecule has 56 heavy (non-hydrogen) atoms. The van der Waals surface area contributed by atoms with Gasteiger partial charge in [0.1, 0.15) is 23.0 Å². The molecule has 0 unspecified atom stereocenters. The summed E-state index contributed by atoms with van der Waals surface area (Å²) < 4.78 is 12.8. The summed E-state index contributed by atoms with van der Waals surface area (Å²) in [5, 5.41) is 0. The highest BCUT2D eigenvalue weighted by atomic mass is 16.5. The van der Waals surface area contributed by atoms with Crippen molar-refractivity contribution < 1.29 is 28.7 Å². The van der Waals surface area contributed by atoms with Crippen LogP contribution in [-0.4, -0.2) is 23.6 Å². The number of carbonyl (C=O) groups excluding carboxylic acids is 4. The molecule has 5 aromatic rings. The number of anilines is 2. The quantitative estimate of drug-likeness (QED) is 0.132. The second-order valence-electron chi connectivity index (χ2n) is 15.6. The van der Waals surface area contributed by atoms with Gasteiger partial charge in [-0.2, -0.15) is 0 Å². The maximum atomic E-state index is 12.3. The Morgan fingerprint density at radius 2 is 0.732 bits per heavy atom. The number of imide groups is 2. The lowest BCUT2D eigenvalue weighted by molar-refractivity contribution is -0.121. The molecule has 8 nitrogen and oxygen atoms in total. The van der Waals surface area contributed by atoms with Gasteiger partial charge in [-0.25, -0.2) is 9.80 Å². The summed E-state index contributed by atoms with van der Waals surface area (Å²) in [6.07, 6.45) is 5.07. The number of benzene rings is 5. The number of nitrogens with zero attached hydrogens (tertiary/aromatic N) is 2. The first-order chi connectivity index (χ1) is 26.5. The number of hydrogen-bond acceptors (Lipinski definition) is 6. The van der Waals surface area contributed by atoms with Gasteiger partial charge in [-0.1, -0.05) is 88.4 Å². The summed E-state index contributed by atoms with van der Waals surface area (Å²) in [5.74, 6) is 1.04. The number of ether oxygens (including phenoxy) is 2. The van der Waals surface area contributed by atoms with Gasteiger partial charge in [0.05, 0.1) is 11.4 Å². The molecule has 0 saturated carbocycles. The second-order valence-corrected chi connectivity index (χ2v) is 15.6. The summed E-state index contributed by atoms with van der Waals surface area (Å²) in [4.78, 5) is 51.3. The zero-order valence-corrected chi connectivity index (χ0v) is 32.9. The number of amides is 4. The van der Waals surface area contributed by atoms with Gasteiger partial charge in [-0.15, -0.1) is 0 Å². The average molecular weight is 745 g/mol. The molecule has 8 heteroatoms. The Bertz CT molecular complexity index is 2270. The van der Waals surface area contributed by atoms with Crippen molar-refractivity contribution in [3.05, 3.63) is 166 Å². The molecule has 2 aliphatic heterocycles. The molecular weight excluding hydrogens is 701 g/mol. The molecule has 2 heterocycles. The smallest absolute Gasteiger partial charge is 0.258 e. The molecule has 0 aromatic heterocycles. The highest BCUT2D eigenvalue weighted by Crippen LogP contribution is 2.42. The van der Waals surface area contributed by atoms with Crippen molar-refractivity contribution >= 4 is 35.0 Å². The molecule has 4 amide bonds. The largest absolute Gasteiger partial charge is 0.457 e. The summed E-state index contributed by atoms with van der Waals surface area (Å²) in [6, 6.07) is 31.5. The molecular formula is C48H44N2O6. The Morgan fingerprint density at radius 3 is 1.07 bits per heavy atom. The normalized spacial score (nSPS) is 14.4. The predicted molar refractivity (Wildman–Crippen MR) is 219 cm³/mol. The topological polar surface area (TPSA) is 93.2 Å². The lowest BCUT2D eigenvalue weighted by Gasteiger charge is -2.32. The van der Waals surface area contributed by atoms with Gasteiger partial charge in [0, 0.05) is 47.3 Å². The summed E-state index contributed by atoms with van der Waals surface area (Å²) in [6.45, 7) is 17.1. The van der Waals surface area contributed by atoms with E-state index in [0.29, 0.717) is 22.9 Å². The van der Waals surface area contributed by atoms with Crippen LogP contribution in [0.15, 0.2) is 121 Å². The minimum absolute atomic E-state index is 0.345. The summed E-state index contributed by atoms with van der Waals surface area (Å²) in [7, 11) is 0. The van der Waals surface area contributed by atoms with Gasteiger partial charge in [0.15, 0.2) is 0 Å². The van der Waals surface area contributed by atoms with E-state index in [0.717, 1.165) is 54.7 Å². The lowest BCUT2D eigenvalue weighted by Crippen LogP contribution is -2.29. The van der Waals surface area contributed by atoms with Crippen LogP contribution in [0.3, 0.4) is 0 Å². The monoisotopic (exact) mass is 744 g/mol. The Balaban J connectivity index is 1.12. The van der Waals surface area contributed by atoms with E-state index in [2.05, 4.69) is 76.2 Å². The van der Waals surface area contributed by atoms with Crippen molar-refractivity contribution in [1.82, 2.24) is 0 Å². The zero-order chi connectivity index (χ0) is 40.1. The Labute approximate surface area is 327 Å². The molecule has 0 spiro atoms.